The molecule has 3 heterocycles. The third-order valence-corrected chi connectivity index (χ3v) is 7.15. The number of rotatable bonds is 3. The Morgan fingerprint density at radius 2 is 2.08 bits per heavy atom. The lowest BCUT2D eigenvalue weighted by molar-refractivity contribution is 0.0719. The van der Waals surface area contributed by atoms with Gasteiger partial charge in [0.15, 0.2) is 5.16 Å². The normalized spacial score (nSPS) is 21.6. The summed E-state index contributed by atoms with van der Waals surface area (Å²) in [5.41, 5.74) is 1.83. The van der Waals surface area contributed by atoms with Crippen LogP contribution in [0.4, 0.5) is 0 Å². The van der Waals surface area contributed by atoms with Crippen molar-refractivity contribution in [2.24, 2.45) is 0 Å². The first-order valence-electron chi connectivity index (χ1n) is 8.78. The fraction of sp³-hybridized carbons (Fsp3) is 0.421. The number of carbonyl (C=O) groups is 1. The van der Waals surface area contributed by atoms with Gasteiger partial charge >= 0.3 is 0 Å². The predicted molar refractivity (Wildman–Crippen MR) is 107 cm³/mol. The van der Waals surface area contributed by atoms with E-state index in [1.807, 2.05) is 35.2 Å². The molecule has 2 aliphatic heterocycles. The van der Waals surface area contributed by atoms with Gasteiger partial charge in [-0.25, -0.2) is 9.97 Å². The molecule has 1 amide bonds. The Morgan fingerprint density at radius 3 is 2.81 bits per heavy atom. The van der Waals surface area contributed by atoms with Gasteiger partial charge < -0.3 is 4.90 Å². The molecule has 7 heteroatoms. The summed E-state index contributed by atoms with van der Waals surface area (Å²) in [4.78, 5) is 24.0. The summed E-state index contributed by atoms with van der Waals surface area (Å²) in [6, 6.07) is 9.50. The molecule has 1 aromatic carbocycles. The van der Waals surface area contributed by atoms with E-state index in [0.29, 0.717) is 21.6 Å². The Kier molecular flexibility index (Phi) is 5.17. The number of halogens is 1. The van der Waals surface area contributed by atoms with Crippen LogP contribution in [0.25, 0.3) is 0 Å². The smallest absolute Gasteiger partial charge is 0.253 e. The van der Waals surface area contributed by atoms with Gasteiger partial charge in [-0.3, -0.25) is 4.79 Å². The van der Waals surface area contributed by atoms with Gasteiger partial charge in [-0.15, -0.1) is 11.8 Å². The summed E-state index contributed by atoms with van der Waals surface area (Å²) in [5.74, 6) is 0.439. The average Bonchev–Trinajstić information content (AvgIpc) is 2.99. The van der Waals surface area contributed by atoms with Gasteiger partial charge in [-0.05, 0) is 18.6 Å². The fourth-order valence-corrected chi connectivity index (χ4v) is 6.20. The number of likely N-dealkylation sites (tertiary alicyclic amines) is 1. The van der Waals surface area contributed by atoms with Crippen LogP contribution in [0, 0.1) is 0 Å². The van der Waals surface area contributed by atoms with Crippen LogP contribution in [-0.4, -0.2) is 44.4 Å². The van der Waals surface area contributed by atoms with Crippen LogP contribution in [0.3, 0.4) is 0 Å². The quantitative estimate of drug-likeness (QED) is 0.419. The Hall–Kier alpha value is -1.24. The molecule has 2 aliphatic rings. The second kappa shape index (κ2) is 7.41. The van der Waals surface area contributed by atoms with E-state index < -0.39 is 0 Å². The number of nitrogens with zero attached hydrogens (tertiary/aromatic N) is 3. The summed E-state index contributed by atoms with van der Waals surface area (Å²) in [6.07, 6.45) is 0.906. The van der Waals surface area contributed by atoms with Crippen LogP contribution in [0.1, 0.15) is 42.1 Å². The number of aromatic nitrogens is 2. The zero-order valence-electron chi connectivity index (χ0n) is 14.7. The highest BCUT2D eigenvalue weighted by molar-refractivity contribution is 8.00. The maximum absolute atomic E-state index is 12.8. The van der Waals surface area contributed by atoms with Gasteiger partial charge in [0.05, 0.1) is 0 Å². The topological polar surface area (TPSA) is 46.1 Å². The highest BCUT2D eigenvalue weighted by atomic mass is 35.5. The molecular formula is C19H20ClN3OS2. The number of hydrogen-bond acceptors (Lipinski definition) is 5. The standard InChI is InChI=1S/C19H20ClN3OS2/c1-11(2)25-19-21-16(20)15-13-8-9-23(10-14(13)26-17(15)22-19)18(24)12-6-4-3-5-7-12/h3-7,11,13-14H,8-10H2,1-2H3. The average molecular weight is 406 g/mol. The molecule has 4 nitrogen and oxygen atoms in total. The van der Waals surface area contributed by atoms with Crippen molar-refractivity contribution in [3.05, 3.63) is 46.6 Å². The number of hydrogen-bond donors (Lipinski definition) is 0. The van der Waals surface area contributed by atoms with Gasteiger partial charge in [0, 0.05) is 40.6 Å². The first-order valence-corrected chi connectivity index (χ1v) is 10.9. The lowest BCUT2D eigenvalue weighted by Gasteiger charge is -2.34. The molecule has 1 fully saturated rings. The molecule has 0 saturated carbocycles. The molecule has 0 spiro atoms. The van der Waals surface area contributed by atoms with E-state index in [-0.39, 0.29) is 5.91 Å². The summed E-state index contributed by atoms with van der Waals surface area (Å²) in [5, 5.41) is 3.04. The zero-order valence-corrected chi connectivity index (χ0v) is 17.1. The van der Waals surface area contributed by atoms with Crippen LogP contribution in [-0.2, 0) is 0 Å². The van der Waals surface area contributed by atoms with Crippen molar-refractivity contribution < 1.29 is 4.79 Å². The Balaban J connectivity index is 1.53. The second-order valence-corrected chi connectivity index (χ2v) is 9.98. The highest BCUT2D eigenvalue weighted by Gasteiger charge is 2.42. The maximum Gasteiger partial charge on any atom is 0.253 e. The molecule has 26 heavy (non-hydrogen) atoms. The van der Waals surface area contributed by atoms with Crippen LogP contribution in [0.5, 0.6) is 0 Å². The zero-order chi connectivity index (χ0) is 18.3. The fourth-order valence-electron chi connectivity index (χ4n) is 3.53. The largest absolute Gasteiger partial charge is 0.337 e. The van der Waals surface area contributed by atoms with Crippen molar-refractivity contribution >= 4 is 41.0 Å². The molecule has 4 rings (SSSR count). The van der Waals surface area contributed by atoms with E-state index in [9.17, 15) is 4.79 Å². The third kappa shape index (κ3) is 3.47. The number of fused-ring (bicyclic) bond motifs is 3. The van der Waals surface area contributed by atoms with Crippen LogP contribution in [0.2, 0.25) is 5.15 Å². The molecule has 2 atom stereocenters. The van der Waals surface area contributed by atoms with E-state index in [2.05, 4.69) is 18.8 Å². The van der Waals surface area contributed by atoms with Crippen molar-refractivity contribution in [1.29, 1.82) is 0 Å². The van der Waals surface area contributed by atoms with Crippen LogP contribution in [0.15, 0.2) is 40.5 Å². The molecule has 0 radical (unpaired) electrons. The van der Waals surface area contributed by atoms with E-state index in [1.54, 1.807) is 23.5 Å². The summed E-state index contributed by atoms with van der Waals surface area (Å²) >= 11 is 9.89. The number of thioether (sulfide) groups is 2. The minimum Gasteiger partial charge on any atom is -0.337 e. The number of amides is 1. The molecule has 136 valence electrons. The van der Waals surface area contributed by atoms with Gasteiger partial charge in [0.2, 0.25) is 0 Å². The van der Waals surface area contributed by atoms with Crippen molar-refractivity contribution in [3.8, 4) is 0 Å². The lowest BCUT2D eigenvalue weighted by Crippen LogP contribution is -2.43. The minimum atomic E-state index is 0.105. The summed E-state index contributed by atoms with van der Waals surface area (Å²) in [6.45, 7) is 5.71. The maximum atomic E-state index is 12.8. The van der Waals surface area contributed by atoms with Gasteiger partial charge in [0.25, 0.3) is 5.91 Å². The molecular weight excluding hydrogens is 386 g/mol. The number of piperidine rings is 1. The van der Waals surface area contributed by atoms with E-state index in [4.69, 9.17) is 16.6 Å². The second-order valence-electron chi connectivity index (χ2n) is 6.85. The molecule has 2 unspecified atom stereocenters. The van der Waals surface area contributed by atoms with Gasteiger partial charge in [-0.1, -0.05) is 55.4 Å². The first-order chi connectivity index (χ1) is 12.5. The Morgan fingerprint density at radius 1 is 1.31 bits per heavy atom. The molecule has 0 aliphatic carbocycles. The lowest BCUT2D eigenvalue weighted by atomic mass is 9.91. The van der Waals surface area contributed by atoms with E-state index in [0.717, 1.165) is 40.8 Å². The summed E-state index contributed by atoms with van der Waals surface area (Å²) < 4.78 is 0. The van der Waals surface area contributed by atoms with E-state index in [1.165, 1.54) is 0 Å². The molecule has 1 saturated heterocycles. The molecule has 0 N–H and O–H groups in total. The van der Waals surface area contributed by atoms with Crippen molar-refractivity contribution in [1.82, 2.24) is 14.9 Å². The summed E-state index contributed by atoms with van der Waals surface area (Å²) in [7, 11) is 0. The predicted octanol–water partition coefficient (Wildman–Crippen LogP) is 4.73. The Bertz CT molecular complexity index is 831. The van der Waals surface area contributed by atoms with Crippen molar-refractivity contribution in [3.63, 3.8) is 0 Å². The third-order valence-electron chi connectivity index (χ3n) is 4.69. The molecule has 1 aromatic heterocycles. The SMILES string of the molecule is CC(C)Sc1nc(Cl)c2c(n1)SC1CN(C(=O)c3ccccc3)CCC21. The highest BCUT2D eigenvalue weighted by Crippen LogP contribution is 2.51. The molecule has 2 aromatic rings. The van der Waals surface area contributed by atoms with Crippen LogP contribution < -0.4 is 0 Å². The minimum absolute atomic E-state index is 0.105. The van der Waals surface area contributed by atoms with Gasteiger partial charge in [-0.2, -0.15) is 0 Å². The Labute approximate surface area is 167 Å². The number of carbonyl (C=O) groups excluding carboxylic acids is 1. The van der Waals surface area contributed by atoms with Crippen molar-refractivity contribution in [2.45, 2.75) is 46.9 Å². The van der Waals surface area contributed by atoms with E-state index >= 15 is 0 Å². The monoisotopic (exact) mass is 405 g/mol. The molecule has 0 bridgehead atoms. The van der Waals surface area contributed by atoms with Gasteiger partial charge in [0.1, 0.15) is 10.2 Å². The first kappa shape index (κ1) is 18.1. The van der Waals surface area contributed by atoms with Crippen LogP contribution >= 0.6 is 35.1 Å². The van der Waals surface area contributed by atoms with Crippen molar-refractivity contribution in [2.75, 3.05) is 13.1 Å². The number of benzene rings is 1.